The smallest absolute Gasteiger partial charge is 0.337 e. The number of ether oxygens (including phenoxy) is 2. The second-order valence-corrected chi connectivity index (χ2v) is 4.78. The molecule has 2 rings (SSSR count). The number of carbonyl (C=O) groups excluding carboxylic acids is 1. The van der Waals surface area contributed by atoms with Crippen molar-refractivity contribution in [2.75, 3.05) is 33.4 Å². The molecule has 104 valence electrons. The van der Waals surface area contributed by atoms with Gasteiger partial charge in [-0.15, -0.1) is 0 Å². The number of nitrogens with zero attached hydrogens (tertiary/aromatic N) is 1. The maximum absolute atomic E-state index is 11.5. The number of morpholine rings is 1. The summed E-state index contributed by atoms with van der Waals surface area (Å²) in [5.41, 5.74) is 1.62. The summed E-state index contributed by atoms with van der Waals surface area (Å²) in [5, 5.41) is 0. The third-order valence-electron chi connectivity index (χ3n) is 3.37. The van der Waals surface area contributed by atoms with Crippen LogP contribution in [0, 0.1) is 0 Å². The molecule has 1 atom stereocenters. The van der Waals surface area contributed by atoms with E-state index in [1.165, 1.54) is 7.11 Å². The van der Waals surface area contributed by atoms with Gasteiger partial charge in [-0.3, -0.25) is 4.90 Å². The highest BCUT2D eigenvalue weighted by molar-refractivity contribution is 5.89. The summed E-state index contributed by atoms with van der Waals surface area (Å²) in [6, 6.07) is 7.52. The summed E-state index contributed by atoms with van der Waals surface area (Å²) < 4.78 is 10.6. The van der Waals surface area contributed by atoms with Crippen molar-refractivity contribution in [1.29, 1.82) is 0 Å². The van der Waals surface area contributed by atoms with Gasteiger partial charge in [0.2, 0.25) is 0 Å². The maximum Gasteiger partial charge on any atom is 0.337 e. The number of methoxy groups -OCH3 is 1. The van der Waals surface area contributed by atoms with Crippen LogP contribution in [0.15, 0.2) is 24.3 Å². The minimum absolute atomic E-state index is 0.0462. The van der Waals surface area contributed by atoms with Gasteiger partial charge in [-0.25, -0.2) is 4.79 Å². The first-order chi connectivity index (χ1) is 9.24. The van der Waals surface area contributed by atoms with E-state index >= 15 is 0 Å². The number of hydrogen-bond acceptors (Lipinski definition) is 4. The molecular formula is C15H21NO3. The van der Waals surface area contributed by atoms with Crippen molar-refractivity contribution >= 4 is 5.97 Å². The van der Waals surface area contributed by atoms with Gasteiger partial charge in [-0.1, -0.05) is 19.1 Å². The number of esters is 1. The molecule has 1 saturated heterocycles. The van der Waals surface area contributed by atoms with Gasteiger partial charge >= 0.3 is 5.97 Å². The van der Waals surface area contributed by atoms with Crippen molar-refractivity contribution in [2.45, 2.75) is 19.4 Å². The zero-order valence-corrected chi connectivity index (χ0v) is 11.6. The molecule has 0 spiro atoms. The summed E-state index contributed by atoms with van der Waals surface area (Å²) >= 11 is 0. The van der Waals surface area contributed by atoms with Crippen molar-refractivity contribution in [3.63, 3.8) is 0 Å². The molecule has 0 bridgehead atoms. The summed E-state index contributed by atoms with van der Waals surface area (Å²) in [6.45, 7) is 5.89. The fourth-order valence-corrected chi connectivity index (χ4v) is 2.41. The zero-order chi connectivity index (χ0) is 13.7. The summed E-state index contributed by atoms with van der Waals surface area (Å²) in [4.78, 5) is 13.9. The Hall–Kier alpha value is -1.39. The lowest BCUT2D eigenvalue weighted by molar-refractivity contribution is -0.0298. The van der Waals surface area contributed by atoms with E-state index in [4.69, 9.17) is 9.47 Å². The molecule has 1 fully saturated rings. The first kappa shape index (κ1) is 14.0. The average molecular weight is 263 g/mol. The van der Waals surface area contributed by atoms with Gasteiger partial charge in [0.1, 0.15) is 0 Å². The van der Waals surface area contributed by atoms with Crippen LogP contribution in [0.1, 0.15) is 35.4 Å². The minimum Gasteiger partial charge on any atom is -0.465 e. The van der Waals surface area contributed by atoms with E-state index in [1.807, 2.05) is 18.2 Å². The Kier molecular flexibility index (Phi) is 4.93. The Bertz CT molecular complexity index is 431. The van der Waals surface area contributed by atoms with Gasteiger partial charge in [0.25, 0.3) is 0 Å². The standard InChI is InChI=1S/C15H21NO3/c1-3-7-16-8-9-19-14(11-16)12-5-4-6-13(10-12)15(17)18-2/h4-6,10,14H,3,7-9,11H2,1-2H3. The van der Waals surface area contributed by atoms with E-state index in [0.717, 1.165) is 38.2 Å². The molecule has 0 amide bonds. The predicted molar refractivity (Wildman–Crippen MR) is 73.2 cm³/mol. The Morgan fingerprint density at radius 3 is 3.11 bits per heavy atom. The van der Waals surface area contributed by atoms with Crippen LogP contribution in [0.5, 0.6) is 0 Å². The van der Waals surface area contributed by atoms with Crippen molar-refractivity contribution in [3.05, 3.63) is 35.4 Å². The van der Waals surface area contributed by atoms with Crippen LogP contribution < -0.4 is 0 Å². The fraction of sp³-hybridized carbons (Fsp3) is 0.533. The van der Waals surface area contributed by atoms with Gasteiger partial charge in [-0.05, 0) is 30.7 Å². The molecule has 0 aliphatic carbocycles. The summed E-state index contributed by atoms with van der Waals surface area (Å²) in [5.74, 6) is -0.303. The molecule has 1 unspecified atom stereocenters. The normalized spacial score (nSPS) is 20.2. The van der Waals surface area contributed by atoms with E-state index in [1.54, 1.807) is 6.07 Å². The second-order valence-electron chi connectivity index (χ2n) is 4.78. The van der Waals surface area contributed by atoms with Crippen LogP contribution in [-0.4, -0.2) is 44.2 Å². The number of rotatable bonds is 4. The molecule has 0 N–H and O–H groups in total. The third kappa shape index (κ3) is 3.55. The highest BCUT2D eigenvalue weighted by atomic mass is 16.5. The fourth-order valence-electron chi connectivity index (χ4n) is 2.41. The Labute approximate surface area is 114 Å². The van der Waals surface area contributed by atoms with Gasteiger partial charge < -0.3 is 9.47 Å². The molecule has 4 heteroatoms. The Morgan fingerprint density at radius 2 is 2.37 bits per heavy atom. The van der Waals surface area contributed by atoms with E-state index < -0.39 is 0 Å². The second kappa shape index (κ2) is 6.68. The number of carbonyl (C=O) groups is 1. The largest absolute Gasteiger partial charge is 0.465 e. The molecule has 1 aromatic rings. The quantitative estimate of drug-likeness (QED) is 0.781. The lowest BCUT2D eigenvalue weighted by Crippen LogP contribution is -2.38. The molecule has 1 aromatic carbocycles. The summed E-state index contributed by atoms with van der Waals surface area (Å²) in [7, 11) is 1.40. The monoisotopic (exact) mass is 263 g/mol. The van der Waals surface area contributed by atoms with E-state index in [-0.39, 0.29) is 12.1 Å². The van der Waals surface area contributed by atoms with Crippen LogP contribution in [-0.2, 0) is 9.47 Å². The topological polar surface area (TPSA) is 38.8 Å². The average Bonchev–Trinajstić information content (AvgIpc) is 2.47. The van der Waals surface area contributed by atoms with Crippen LogP contribution >= 0.6 is 0 Å². The molecule has 19 heavy (non-hydrogen) atoms. The van der Waals surface area contributed by atoms with Crippen LogP contribution in [0.2, 0.25) is 0 Å². The maximum atomic E-state index is 11.5. The SMILES string of the molecule is CCCN1CCOC(c2cccc(C(=O)OC)c2)C1. The van der Waals surface area contributed by atoms with Crippen molar-refractivity contribution in [3.8, 4) is 0 Å². The Balaban J connectivity index is 2.10. The van der Waals surface area contributed by atoms with E-state index in [2.05, 4.69) is 11.8 Å². The van der Waals surface area contributed by atoms with Gasteiger partial charge in [-0.2, -0.15) is 0 Å². The highest BCUT2D eigenvalue weighted by Crippen LogP contribution is 2.23. The van der Waals surface area contributed by atoms with Crippen molar-refractivity contribution < 1.29 is 14.3 Å². The first-order valence-corrected chi connectivity index (χ1v) is 6.76. The lowest BCUT2D eigenvalue weighted by Gasteiger charge is -2.33. The van der Waals surface area contributed by atoms with Gasteiger partial charge in [0, 0.05) is 13.1 Å². The van der Waals surface area contributed by atoms with Crippen LogP contribution in [0.25, 0.3) is 0 Å². The number of benzene rings is 1. The van der Waals surface area contributed by atoms with Gasteiger partial charge in [0.05, 0.1) is 25.4 Å². The minimum atomic E-state index is -0.303. The predicted octanol–water partition coefficient (Wildman–Crippen LogP) is 2.26. The molecular weight excluding hydrogens is 242 g/mol. The molecule has 1 aliphatic rings. The van der Waals surface area contributed by atoms with E-state index in [9.17, 15) is 4.79 Å². The first-order valence-electron chi connectivity index (χ1n) is 6.76. The third-order valence-corrected chi connectivity index (χ3v) is 3.37. The zero-order valence-electron chi connectivity index (χ0n) is 11.6. The molecule has 0 radical (unpaired) electrons. The van der Waals surface area contributed by atoms with E-state index in [0.29, 0.717) is 5.56 Å². The van der Waals surface area contributed by atoms with Crippen LogP contribution in [0.3, 0.4) is 0 Å². The van der Waals surface area contributed by atoms with Crippen molar-refractivity contribution in [1.82, 2.24) is 4.90 Å². The van der Waals surface area contributed by atoms with Gasteiger partial charge in [0.15, 0.2) is 0 Å². The molecule has 0 aromatic heterocycles. The van der Waals surface area contributed by atoms with Crippen LogP contribution in [0.4, 0.5) is 0 Å². The summed E-state index contributed by atoms with van der Waals surface area (Å²) in [6.07, 6.45) is 1.19. The molecule has 4 nitrogen and oxygen atoms in total. The Morgan fingerprint density at radius 1 is 1.53 bits per heavy atom. The molecule has 0 saturated carbocycles. The molecule has 1 aliphatic heterocycles. The highest BCUT2D eigenvalue weighted by Gasteiger charge is 2.22. The molecule has 1 heterocycles. The lowest BCUT2D eigenvalue weighted by atomic mass is 10.0. The number of hydrogen-bond donors (Lipinski definition) is 0. The van der Waals surface area contributed by atoms with Crippen molar-refractivity contribution in [2.24, 2.45) is 0 Å².